The number of nitrogens with one attached hydrogen (secondary N) is 1. The maximum Gasteiger partial charge on any atom is 0.323 e. The Morgan fingerprint density at radius 3 is 2.95 bits per heavy atom. The number of rotatable bonds is 5. The number of carbonyl (C=O) groups is 2. The summed E-state index contributed by atoms with van der Waals surface area (Å²) in [6.07, 6.45) is 0.702. The Hall–Kier alpha value is -2.24. The van der Waals surface area contributed by atoms with Crippen molar-refractivity contribution in [3.8, 4) is 5.75 Å². The molecule has 0 saturated heterocycles. The minimum atomic E-state index is -1.02. The molecule has 0 saturated carbocycles. The lowest BCUT2D eigenvalue weighted by atomic mass is 10.1. The zero-order valence-electron chi connectivity index (χ0n) is 11.4. The first-order chi connectivity index (χ1) is 9.63. The molecule has 0 unspecified atom stereocenters. The van der Waals surface area contributed by atoms with Crippen molar-refractivity contribution in [2.45, 2.75) is 13.3 Å². The van der Waals surface area contributed by atoms with Gasteiger partial charge in [-0.3, -0.25) is 9.59 Å². The summed E-state index contributed by atoms with van der Waals surface area (Å²) in [5.74, 6) is -0.819. The highest BCUT2D eigenvalue weighted by molar-refractivity contribution is 6.00. The molecule has 0 aliphatic carbocycles. The van der Waals surface area contributed by atoms with Crippen LogP contribution in [0, 0.1) is 0 Å². The fourth-order valence-electron chi connectivity index (χ4n) is 2.19. The Balaban J connectivity index is 2.29. The van der Waals surface area contributed by atoms with E-state index in [4.69, 9.17) is 9.84 Å². The molecule has 6 heteroatoms. The van der Waals surface area contributed by atoms with Gasteiger partial charge in [0.05, 0.1) is 11.3 Å². The van der Waals surface area contributed by atoms with Crippen molar-refractivity contribution in [2.75, 3.05) is 31.6 Å². The van der Waals surface area contributed by atoms with Crippen molar-refractivity contribution in [3.63, 3.8) is 0 Å². The molecular weight excluding hydrogens is 260 g/mol. The molecule has 1 heterocycles. The van der Waals surface area contributed by atoms with Gasteiger partial charge in [-0.1, -0.05) is 13.0 Å². The fraction of sp³-hybridized carbons (Fsp3) is 0.429. The Kier molecular flexibility index (Phi) is 4.45. The number of carboxylic acid groups (broad SMARTS) is 1. The highest BCUT2D eigenvalue weighted by Crippen LogP contribution is 2.31. The van der Waals surface area contributed by atoms with E-state index in [9.17, 15) is 9.59 Å². The number of hydrogen-bond donors (Lipinski definition) is 2. The number of ether oxygens (including phenoxy) is 1. The minimum absolute atomic E-state index is 0.302. The van der Waals surface area contributed by atoms with Gasteiger partial charge < -0.3 is 20.1 Å². The molecule has 0 bridgehead atoms. The third-order valence-corrected chi connectivity index (χ3v) is 3.02. The Labute approximate surface area is 117 Å². The molecule has 1 aliphatic rings. The van der Waals surface area contributed by atoms with Crippen LogP contribution in [0.2, 0.25) is 0 Å². The summed E-state index contributed by atoms with van der Waals surface area (Å²) in [6.45, 7) is 3.19. The zero-order chi connectivity index (χ0) is 14.5. The molecule has 1 aliphatic heterocycles. The third-order valence-electron chi connectivity index (χ3n) is 3.02. The van der Waals surface area contributed by atoms with Crippen LogP contribution in [0.15, 0.2) is 18.2 Å². The Bertz CT molecular complexity index is 516. The molecule has 0 spiro atoms. The topological polar surface area (TPSA) is 78.9 Å². The summed E-state index contributed by atoms with van der Waals surface area (Å²) < 4.78 is 5.55. The van der Waals surface area contributed by atoms with Crippen LogP contribution in [0.4, 0.5) is 5.69 Å². The largest absolute Gasteiger partial charge is 0.489 e. The summed E-state index contributed by atoms with van der Waals surface area (Å²) in [7, 11) is 0. The Morgan fingerprint density at radius 2 is 2.25 bits per heavy atom. The van der Waals surface area contributed by atoms with E-state index >= 15 is 0 Å². The molecule has 0 atom stereocenters. The highest BCUT2D eigenvalue weighted by atomic mass is 16.5. The van der Waals surface area contributed by atoms with Crippen molar-refractivity contribution in [2.24, 2.45) is 0 Å². The number of aliphatic carboxylic acids is 1. The van der Waals surface area contributed by atoms with Gasteiger partial charge in [0, 0.05) is 13.1 Å². The molecule has 2 N–H and O–H groups in total. The van der Waals surface area contributed by atoms with E-state index in [1.54, 1.807) is 12.1 Å². The van der Waals surface area contributed by atoms with E-state index in [1.807, 2.05) is 13.0 Å². The second kappa shape index (κ2) is 6.27. The lowest BCUT2D eigenvalue weighted by Crippen LogP contribution is -2.36. The first kappa shape index (κ1) is 14.2. The van der Waals surface area contributed by atoms with Gasteiger partial charge in [-0.2, -0.15) is 0 Å². The second-order valence-electron chi connectivity index (χ2n) is 4.58. The van der Waals surface area contributed by atoms with Gasteiger partial charge in [-0.25, -0.2) is 0 Å². The van der Waals surface area contributed by atoms with E-state index in [0.29, 0.717) is 37.4 Å². The molecule has 108 valence electrons. The van der Waals surface area contributed by atoms with Crippen molar-refractivity contribution in [1.29, 1.82) is 0 Å². The predicted octanol–water partition coefficient (Wildman–Crippen LogP) is 1.43. The molecule has 1 amide bonds. The number of anilines is 1. The van der Waals surface area contributed by atoms with Crippen molar-refractivity contribution < 1.29 is 19.4 Å². The number of amides is 1. The van der Waals surface area contributed by atoms with Crippen LogP contribution >= 0.6 is 0 Å². The number of carboxylic acids is 1. The van der Waals surface area contributed by atoms with E-state index < -0.39 is 5.97 Å². The standard InChI is InChI=1S/C14H18N2O4/c1-2-7-16(9-12(17)18)14(19)10-4-3-5-11-13(10)20-8-6-15-11/h3-5,15H,2,6-9H2,1H3,(H,17,18). The summed E-state index contributed by atoms with van der Waals surface area (Å²) in [6, 6.07) is 5.27. The third kappa shape index (κ3) is 3.01. The van der Waals surface area contributed by atoms with Gasteiger partial charge in [0.25, 0.3) is 5.91 Å². The first-order valence-electron chi connectivity index (χ1n) is 6.64. The van der Waals surface area contributed by atoms with Crippen molar-refractivity contribution in [1.82, 2.24) is 4.90 Å². The number of carbonyl (C=O) groups excluding carboxylic acids is 1. The highest BCUT2D eigenvalue weighted by Gasteiger charge is 2.24. The average Bonchev–Trinajstić information content (AvgIpc) is 2.45. The second-order valence-corrected chi connectivity index (χ2v) is 4.58. The van der Waals surface area contributed by atoms with Crippen LogP contribution in [-0.4, -0.2) is 48.1 Å². The first-order valence-corrected chi connectivity index (χ1v) is 6.64. The van der Waals surface area contributed by atoms with Gasteiger partial charge in [0.15, 0.2) is 5.75 Å². The molecule has 0 radical (unpaired) electrons. The number of benzene rings is 1. The van der Waals surface area contributed by atoms with Gasteiger partial charge in [-0.05, 0) is 18.6 Å². The summed E-state index contributed by atoms with van der Waals surface area (Å²) in [4.78, 5) is 24.7. The Morgan fingerprint density at radius 1 is 1.45 bits per heavy atom. The van der Waals surface area contributed by atoms with Crippen LogP contribution in [0.1, 0.15) is 23.7 Å². The molecule has 6 nitrogen and oxygen atoms in total. The fourth-order valence-corrected chi connectivity index (χ4v) is 2.19. The minimum Gasteiger partial charge on any atom is -0.489 e. The van der Waals surface area contributed by atoms with Crippen LogP contribution in [0.5, 0.6) is 5.75 Å². The number of para-hydroxylation sites is 1. The van der Waals surface area contributed by atoms with E-state index in [-0.39, 0.29) is 12.5 Å². The lowest BCUT2D eigenvalue weighted by molar-refractivity contribution is -0.137. The van der Waals surface area contributed by atoms with Gasteiger partial charge >= 0.3 is 5.97 Å². The molecule has 1 aromatic carbocycles. The van der Waals surface area contributed by atoms with Crippen LogP contribution in [0.25, 0.3) is 0 Å². The quantitative estimate of drug-likeness (QED) is 0.851. The number of hydrogen-bond acceptors (Lipinski definition) is 4. The van der Waals surface area contributed by atoms with Crippen LogP contribution in [0.3, 0.4) is 0 Å². The van der Waals surface area contributed by atoms with Gasteiger partial charge in [0.2, 0.25) is 0 Å². The zero-order valence-corrected chi connectivity index (χ0v) is 11.4. The van der Waals surface area contributed by atoms with E-state index in [2.05, 4.69) is 5.32 Å². The van der Waals surface area contributed by atoms with Crippen molar-refractivity contribution >= 4 is 17.6 Å². The SMILES string of the molecule is CCCN(CC(=O)O)C(=O)c1cccc2c1OCCN2. The van der Waals surface area contributed by atoms with Gasteiger partial charge in [0.1, 0.15) is 13.2 Å². The summed E-state index contributed by atoms with van der Waals surface area (Å²) in [5.41, 5.74) is 1.18. The summed E-state index contributed by atoms with van der Waals surface area (Å²) >= 11 is 0. The molecule has 0 fully saturated rings. The molecular formula is C14H18N2O4. The normalized spacial score (nSPS) is 12.8. The molecule has 20 heavy (non-hydrogen) atoms. The van der Waals surface area contributed by atoms with Crippen molar-refractivity contribution in [3.05, 3.63) is 23.8 Å². The van der Waals surface area contributed by atoms with E-state index in [1.165, 1.54) is 4.90 Å². The smallest absolute Gasteiger partial charge is 0.323 e. The lowest BCUT2D eigenvalue weighted by Gasteiger charge is -2.25. The molecule has 0 aromatic heterocycles. The number of nitrogens with zero attached hydrogens (tertiary/aromatic N) is 1. The van der Waals surface area contributed by atoms with Crippen LogP contribution in [-0.2, 0) is 4.79 Å². The molecule has 1 aromatic rings. The maximum absolute atomic E-state index is 12.5. The predicted molar refractivity (Wildman–Crippen MR) is 74.3 cm³/mol. The van der Waals surface area contributed by atoms with Crippen LogP contribution < -0.4 is 10.1 Å². The summed E-state index contributed by atoms with van der Waals surface area (Å²) in [5, 5.41) is 12.1. The van der Waals surface area contributed by atoms with E-state index in [0.717, 1.165) is 5.69 Å². The average molecular weight is 278 g/mol. The molecule has 2 rings (SSSR count). The monoisotopic (exact) mass is 278 g/mol. The number of fused-ring (bicyclic) bond motifs is 1. The van der Waals surface area contributed by atoms with Gasteiger partial charge in [-0.15, -0.1) is 0 Å². The maximum atomic E-state index is 12.5.